The fourth-order valence-corrected chi connectivity index (χ4v) is 1.67. The summed E-state index contributed by atoms with van der Waals surface area (Å²) in [4.78, 5) is 10.9. The van der Waals surface area contributed by atoms with Crippen LogP contribution in [0.3, 0.4) is 0 Å². The van der Waals surface area contributed by atoms with Crippen LogP contribution < -0.4 is 5.43 Å². The third-order valence-electron chi connectivity index (χ3n) is 2.10. The molecular weight excluding hydrogens is 235 g/mol. The molecule has 0 saturated carbocycles. The zero-order valence-corrected chi connectivity index (χ0v) is 9.35. The minimum Gasteiger partial charge on any atom is -0.269 e. The van der Waals surface area contributed by atoms with E-state index < -0.39 is 0 Å². The van der Waals surface area contributed by atoms with Gasteiger partial charge < -0.3 is 0 Å². The molecule has 0 radical (unpaired) electrons. The Morgan fingerprint density at radius 2 is 2.13 bits per heavy atom. The summed E-state index contributed by atoms with van der Waals surface area (Å²) in [5, 5.41) is 1.04. The number of hydrogen-bond acceptors (Lipinski definition) is 1. The van der Waals surface area contributed by atoms with Gasteiger partial charge in [-0.25, -0.2) is 0 Å². The number of carbonyl (C=O) groups excluding carboxylic acids is 1. The van der Waals surface area contributed by atoms with Gasteiger partial charge in [-0.05, 0) is 18.2 Å². The molecule has 1 aliphatic rings. The molecule has 0 spiro atoms. The van der Waals surface area contributed by atoms with Gasteiger partial charge in [0, 0.05) is 5.56 Å². The lowest BCUT2D eigenvalue weighted by Gasteiger charge is -1.96. The number of rotatable bonds is 1. The third-order valence-corrected chi connectivity index (χ3v) is 2.84. The number of carbonyl (C=O) groups is 1. The van der Waals surface area contributed by atoms with Gasteiger partial charge in [-0.15, -0.1) is 10.1 Å². The summed E-state index contributed by atoms with van der Waals surface area (Å²) in [6.07, 6.45) is 2.35. The zero-order valence-electron chi connectivity index (χ0n) is 7.84. The molecule has 1 aromatic rings. The van der Waals surface area contributed by atoms with E-state index in [0.29, 0.717) is 23.0 Å². The molecule has 1 aliphatic heterocycles. The van der Waals surface area contributed by atoms with Crippen LogP contribution in [0, 0.1) is 0 Å². The van der Waals surface area contributed by atoms with E-state index >= 15 is 0 Å². The van der Waals surface area contributed by atoms with Crippen LogP contribution in [0.5, 0.6) is 0 Å². The molecule has 1 amide bonds. The standard InChI is InChI=1S/C10H8Cl2N2O/c11-8-2-1-7(5-9(8)12)6-14-4-3-10(15)13-14/h1-2,5-6H,3-4H2/p+1/b14-6+. The highest BCUT2D eigenvalue weighted by atomic mass is 35.5. The van der Waals surface area contributed by atoms with E-state index in [-0.39, 0.29) is 5.91 Å². The Hall–Kier alpha value is -1.06. The van der Waals surface area contributed by atoms with Crippen LogP contribution in [0.4, 0.5) is 0 Å². The number of hydrazone groups is 1. The van der Waals surface area contributed by atoms with Gasteiger partial charge in [-0.2, -0.15) is 0 Å². The van der Waals surface area contributed by atoms with Crippen LogP contribution in [-0.4, -0.2) is 23.4 Å². The number of amides is 1. The van der Waals surface area contributed by atoms with Gasteiger partial charge in [0.1, 0.15) is 0 Å². The third kappa shape index (κ3) is 2.49. The van der Waals surface area contributed by atoms with Gasteiger partial charge in [-0.3, -0.25) is 4.79 Å². The minimum atomic E-state index is 0.0336. The lowest BCUT2D eigenvalue weighted by Crippen LogP contribution is -2.25. The fraction of sp³-hybridized carbons (Fsp3) is 0.200. The molecule has 1 aromatic carbocycles. The molecule has 3 nitrogen and oxygen atoms in total. The topological polar surface area (TPSA) is 32.1 Å². The summed E-state index contributed by atoms with van der Waals surface area (Å²) < 4.78 is 1.74. The van der Waals surface area contributed by atoms with Gasteiger partial charge in [0.05, 0.1) is 16.5 Å². The van der Waals surface area contributed by atoms with E-state index in [1.54, 1.807) is 16.8 Å². The van der Waals surface area contributed by atoms with Gasteiger partial charge in [0.15, 0.2) is 6.54 Å². The molecule has 0 aromatic heterocycles. The predicted molar refractivity (Wildman–Crippen MR) is 59.5 cm³/mol. The highest BCUT2D eigenvalue weighted by Gasteiger charge is 2.20. The van der Waals surface area contributed by atoms with Crippen molar-refractivity contribution in [2.75, 3.05) is 6.54 Å². The summed E-state index contributed by atoms with van der Waals surface area (Å²) in [6, 6.07) is 5.33. The molecule has 2 rings (SSSR count). The van der Waals surface area contributed by atoms with Crippen LogP contribution in [0.25, 0.3) is 0 Å². The monoisotopic (exact) mass is 243 g/mol. The lowest BCUT2D eigenvalue weighted by molar-refractivity contribution is -0.553. The maximum absolute atomic E-state index is 10.9. The van der Waals surface area contributed by atoms with E-state index in [9.17, 15) is 4.79 Å². The number of hydrazine groups is 1. The van der Waals surface area contributed by atoms with Crippen molar-refractivity contribution in [2.45, 2.75) is 6.42 Å². The van der Waals surface area contributed by atoms with Crippen LogP contribution >= 0.6 is 23.2 Å². The smallest absolute Gasteiger partial charge is 0.269 e. The summed E-state index contributed by atoms with van der Waals surface area (Å²) in [5.74, 6) is 0.0336. The second kappa shape index (κ2) is 4.21. The van der Waals surface area contributed by atoms with Crippen molar-refractivity contribution in [1.29, 1.82) is 0 Å². The average Bonchev–Trinajstić information content (AvgIpc) is 2.58. The van der Waals surface area contributed by atoms with Crippen molar-refractivity contribution in [3.8, 4) is 0 Å². The molecule has 1 heterocycles. The average molecular weight is 244 g/mol. The Morgan fingerprint density at radius 1 is 1.33 bits per heavy atom. The summed E-state index contributed by atoms with van der Waals surface area (Å²) in [6.45, 7) is 0.680. The minimum absolute atomic E-state index is 0.0336. The molecular formula is C10H9Cl2N2O+. The molecule has 1 N–H and O–H groups in total. The van der Waals surface area contributed by atoms with E-state index in [1.165, 1.54) is 0 Å². The Balaban J connectivity index is 2.24. The fourth-order valence-electron chi connectivity index (χ4n) is 1.36. The Kier molecular flexibility index (Phi) is 2.93. The van der Waals surface area contributed by atoms with Crippen molar-refractivity contribution in [1.82, 2.24) is 5.43 Å². The Morgan fingerprint density at radius 3 is 2.73 bits per heavy atom. The van der Waals surface area contributed by atoms with Crippen LogP contribution in [0.2, 0.25) is 10.0 Å². The predicted octanol–water partition coefficient (Wildman–Crippen LogP) is 1.86. The Bertz CT molecular complexity index is 443. The molecule has 0 bridgehead atoms. The van der Waals surface area contributed by atoms with E-state index in [4.69, 9.17) is 23.2 Å². The highest BCUT2D eigenvalue weighted by molar-refractivity contribution is 6.42. The van der Waals surface area contributed by atoms with Crippen molar-refractivity contribution in [2.24, 2.45) is 0 Å². The lowest BCUT2D eigenvalue weighted by atomic mass is 10.2. The van der Waals surface area contributed by atoms with E-state index in [1.807, 2.05) is 12.3 Å². The van der Waals surface area contributed by atoms with Gasteiger partial charge >= 0.3 is 0 Å². The number of nitrogens with one attached hydrogen (secondary N) is 1. The number of halogens is 2. The molecule has 0 unspecified atom stereocenters. The first kappa shape index (κ1) is 10.5. The maximum Gasteiger partial charge on any atom is 0.280 e. The normalized spacial score (nSPS) is 18.3. The van der Waals surface area contributed by atoms with Gasteiger partial charge in [0.25, 0.3) is 5.91 Å². The van der Waals surface area contributed by atoms with Crippen LogP contribution in [0.15, 0.2) is 18.2 Å². The second-order valence-corrected chi connectivity index (χ2v) is 4.10. The first-order valence-electron chi connectivity index (χ1n) is 4.51. The van der Waals surface area contributed by atoms with E-state index in [0.717, 1.165) is 5.56 Å². The van der Waals surface area contributed by atoms with Crippen molar-refractivity contribution in [3.63, 3.8) is 0 Å². The van der Waals surface area contributed by atoms with Crippen LogP contribution in [0.1, 0.15) is 12.0 Å². The largest absolute Gasteiger partial charge is 0.280 e. The first-order valence-corrected chi connectivity index (χ1v) is 5.27. The molecule has 78 valence electrons. The SMILES string of the molecule is O=C1CC/[N+](=C\c2ccc(Cl)c(Cl)c2)N1. The quantitative estimate of drug-likeness (QED) is 0.751. The number of nitrogens with zero attached hydrogens (tertiary/aromatic N) is 1. The molecule has 1 saturated heterocycles. The maximum atomic E-state index is 10.9. The molecule has 0 atom stereocenters. The van der Waals surface area contributed by atoms with E-state index in [2.05, 4.69) is 5.43 Å². The number of hydrogen-bond donors (Lipinski definition) is 1. The van der Waals surface area contributed by atoms with Crippen LogP contribution in [-0.2, 0) is 4.79 Å². The zero-order chi connectivity index (χ0) is 10.8. The molecule has 15 heavy (non-hydrogen) atoms. The summed E-state index contributed by atoms with van der Waals surface area (Å²) in [5.41, 5.74) is 3.61. The molecule has 1 fully saturated rings. The summed E-state index contributed by atoms with van der Waals surface area (Å²) in [7, 11) is 0. The summed E-state index contributed by atoms with van der Waals surface area (Å²) >= 11 is 11.7. The Labute approximate surface area is 97.3 Å². The first-order chi connectivity index (χ1) is 7.15. The van der Waals surface area contributed by atoms with Crippen molar-refractivity contribution >= 4 is 35.3 Å². The molecule has 5 heteroatoms. The molecule has 0 aliphatic carbocycles. The van der Waals surface area contributed by atoms with Crippen molar-refractivity contribution < 1.29 is 9.48 Å². The highest BCUT2D eigenvalue weighted by Crippen LogP contribution is 2.21. The second-order valence-electron chi connectivity index (χ2n) is 3.28. The number of benzene rings is 1. The van der Waals surface area contributed by atoms with Gasteiger partial charge in [0.2, 0.25) is 6.21 Å². The van der Waals surface area contributed by atoms with Gasteiger partial charge in [-0.1, -0.05) is 23.2 Å². The van der Waals surface area contributed by atoms with Crippen molar-refractivity contribution in [3.05, 3.63) is 33.8 Å².